The zero-order valence-corrected chi connectivity index (χ0v) is 12.1. The maximum absolute atomic E-state index is 11.7. The van der Waals surface area contributed by atoms with Gasteiger partial charge in [0.05, 0.1) is 0 Å². The Bertz CT molecular complexity index is 378. The average Bonchev–Trinajstić information content (AvgIpc) is 2.17. The van der Waals surface area contributed by atoms with Crippen LogP contribution in [0.5, 0.6) is 5.75 Å². The molecule has 1 aromatic carbocycles. The van der Waals surface area contributed by atoms with Crippen molar-refractivity contribution in [3.63, 3.8) is 0 Å². The normalized spacial score (nSPS) is 14.9. The van der Waals surface area contributed by atoms with Gasteiger partial charge in [0.1, 0.15) is 0 Å². The molecular weight excluding hydrogens is 358 g/mol. The zero-order chi connectivity index (χ0) is 10.8. The van der Waals surface area contributed by atoms with Gasteiger partial charge >= 0.3 is 100 Å². The van der Waals surface area contributed by atoms with E-state index in [0.29, 0.717) is 9.56 Å². The number of rotatable bonds is 3. The second-order valence-corrected chi connectivity index (χ2v) is 9.35. The van der Waals surface area contributed by atoms with Gasteiger partial charge in [0, 0.05) is 0 Å². The minimum atomic E-state index is -3.77. The fourth-order valence-electron chi connectivity index (χ4n) is 1.06. The Morgan fingerprint density at radius 3 is 2.64 bits per heavy atom. The Balaban J connectivity index is 3.15. The first-order chi connectivity index (χ1) is 6.51. The molecule has 0 spiro atoms. The first-order valence-electron chi connectivity index (χ1n) is 4.17. The number of hydrogen-bond acceptors (Lipinski definition) is 2. The van der Waals surface area contributed by atoms with Crippen LogP contribution in [0, 0.1) is 3.57 Å². The summed E-state index contributed by atoms with van der Waals surface area (Å²) in [6.45, 7) is 1.73. The molecule has 0 bridgehead atoms. The third-order valence-electron chi connectivity index (χ3n) is 1.97. The topological polar surface area (TPSA) is 46.5 Å². The number of halogens is 1. The van der Waals surface area contributed by atoms with Crippen LogP contribution in [0.2, 0.25) is 5.21 Å². The van der Waals surface area contributed by atoms with Crippen molar-refractivity contribution >= 4 is 40.8 Å². The maximum atomic E-state index is 11.7. The van der Waals surface area contributed by atoms with E-state index in [1.165, 1.54) is 0 Å². The molecule has 3 nitrogen and oxygen atoms in total. The van der Waals surface area contributed by atoms with Gasteiger partial charge in [0.15, 0.2) is 0 Å². The van der Waals surface area contributed by atoms with Gasteiger partial charge in [0.25, 0.3) is 0 Å². The van der Waals surface area contributed by atoms with Crippen LogP contribution in [0.3, 0.4) is 0 Å². The van der Waals surface area contributed by atoms with Crippen LogP contribution in [0.25, 0.3) is 0 Å². The van der Waals surface area contributed by atoms with E-state index in [2.05, 4.69) is 22.6 Å². The van der Waals surface area contributed by atoms with E-state index in [0.717, 1.165) is 9.32 Å². The molecule has 1 aromatic rings. The van der Waals surface area contributed by atoms with E-state index in [9.17, 15) is 7.84 Å². The molecule has 14 heavy (non-hydrogen) atoms. The first kappa shape index (κ1) is 12.1. The Morgan fingerprint density at radius 1 is 1.57 bits per heavy atom. The van der Waals surface area contributed by atoms with Crippen molar-refractivity contribution in [3.8, 4) is 5.75 Å². The van der Waals surface area contributed by atoms with Crippen molar-refractivity contribution < 1.29 is 12.6 Å². The summed E-state index contributed by atoms with van der Waals surface area (Å²) in [4.78, 5) is 0. The van der Waals surface area contributed by atoms with Crippen molar-refractivity contribution in [2.45, 2.75) is 12.1 Å². The summed E-state index contributed by atoms with van der Waals surface area (Å²) < 4.78 is 27.9. The number of methoxy groups -OCH3 is 1. The molecule has 0 saturated heterocycles. The number of benzene rings is 1. The summed E-state index contributed by atoms with van der Waals surface area (Å²) in [6, 6.07) is 5.13. The van der Waals surface area contributed by atoms with E-state index >= 15 is 0 Å². The standard InChI is InChI=1S/C9H12AsIO3/c1-3-10(12,13)7-4-5-9(14-2)8(11)6-7/h4-6H,3H2,1-2H3,(H,12,13). The van der Waals surface area contributed by atoms with Crippen LogP contribution in [0.4, 0.5) is 0 Å². The summed E-state index contributed by atoms with van der Waals surface area (Å²) in [5.74, 6) is 0.737. The van der Waals surface area contributed by atoms with E-state index in [4.69, 9.17) is 4.74 Å². The van der Waals surface area contributed by atoms with Crippen molar-refractivity contribution in [2.75, 3.05) is 7.11 Å². The van der Waals surface area contributed by atoms with Gasteiger partial charge in [-0.25, -0.2) is 0 Å². The first-order valence-corrected chi connectivity index (χ1v) is 9.12. The van der Waals surface area contributed by atoms with Crippen LogP contribution in [0.15, 0.2) is 18.2 Å². The second kappa shape index (κ2) is 4.73. The molecular formula is C9H12AsIO3. The van der Waals surface area contributed by atoms with E-state index < -0.39 is 13.8 Å². The van der Waals surface area contributed by atoms with Gasteiger partial charge in [-0.3, -0.25) is 0 Å². The molecule has 1 N–H and O–H groups in total. The average molecular weight is 370 g/mol. The fourth-order valence-corrected chi connectivity index (χ4v) is 4.43. The van der Waals surface area contributed by atoms with Crippen molar-refractivity contribution in [1.82, 2.24) is 0 Å². The summed E-state index contributed by atoms with van der Waals surface area (Å²) >= 11 is -1.68. The van der Waals surface area contributed by atoms with Crippen LogP contribution in [0.1, 0.15) is 6.92 Å². The monoisotopic (exact) mass is 370 g/mol. The van der Waals surface area contributed by atoms with Gasteiger partial charge in [-0.05, 0) is 0 Å². The molecule has 0 aliphatic carbocycles. The molecule has 0 amide bonds. The van der Waals surface area contributed by atoms with Gasteiger partial charge in [-0.2, -0.15) is 0 Å². The van der Waals surface area contributed by atoms with Crippen molar-refractivity contribution in [1.29, 1.82) is 0 Å². The minimum absolute atomic E-state index is 0.320. The molecule has 0 heterocycles. The predicted molar refractivity (Wildman–Crippen MR) is 64.5 cm³/mol. The van der Waals surface area contributed by atoms with Gasteiger partial charge in [-0.15, -0.1) is 0 Å². The molecule has 78 valence electrons. The molecule has 1 rings (SSSR count). The Labute approximate surface area is 99.6 Å². The molecule has 0 aliphatic heterocycles. The van der Waals surface area contributed by atoms with Crippen LogP contribution in [-0.2, 0) is 3.74 Å². The molecule has 5 heteroatoms. The van der Waals surface area contributed by atoms with Gasteiger partial charge in [0.2, 0.25) is 0 Å². The fraction of sp³-hybridized carbons (Fsp3) is 0.333. The molecule has 0 aliphatic rings. The number of hydrogen-bond donors (Lipinski definition) is 1. The second-order valence-electron chi connectivity index (χ2n) is 2.84. The zero-order valence-electron chi connectivity index (χ0n) is 8.03. The Hall–Kier alpha value is 0.0684. The van der Waals surface area contributed by atoms with Crippen LogP contribution in [-0.4, -0.2) is 25.0 Å². The van der Waals surface area contributed by atoms with Crippen LogP contribution >= 0.6 is 22.6 Å². The summed E-state index contributed by atoms with van der Waals surface area (Å²) in [7, 11) is 1.58. The molecule has 0 radical (unpaired) electrons. The Kier molecular flexibility index (Phi) is 4.10. The number of ether oxygens (including phenoxy) is 1. The van der Waals surface area contributed by atoms with E-state index in [1.807, 2.05) is 0 Å². The molecule has 0 fully saturated rings. The summed E-state index contributed by atoms with van der Waals surface area (Å²) in [5.41, 5.74) is 0. The van der Waals surface area contributed by atoms with Crippen LogP contribution < -0.4 is 9.09 Å². The van der Waals surface area contributed by atoms with Crippen molar-refractivity contribution in [2.24, 2.45) is 0 Å². The Morgan fingerprint density at radius 2 is 2.21 bits per heavy atom. The molecule has 0 saturated carbocycles. The van der Waals surface area contributed by atoms with Gasteiger partial charge < -0.3 is 0 Å². The third kappa shape index (κ3) is 2.55. The molecule has 0 aromatic heterocycles. The summed E-state index contributed by atoms with van der Waals surface area (Å²) in [6.07, 6.45) is 0. The molecule has 1 atom stereocenters. The quantitative estimate of drug-likeness (QED) is 0.647. The van der Waals surface area contributed by atoms with Crippen molar-refractivity contribution in [3.05, 3.63) is 21.8 Å². The van der Waals surface area contributed by atoms with E-state index in [-0.39, 0.29) is 0 Å². The summed E-state index contributed by atoms with van der Waals surface area (Å²) in [5, 5.41) is 0.320. The molecule has 1 unspecified atom stereocenters. The third-order valence-corrected chi connectivity index (χ3v) is 6.89. The SMILES string of the molecule is CC[As](=O)(O)c1ccc(OC)c(I)c1. The van der Waals surface area contributed by atoms with E-state index in [1.54, 1.807) is 32.2 Å². The van der Waals surface area contributed by atoms with Gasteiger partial charge in [-0.1, -0.05) is 0 Å². The predicted octanol–water partition coefficient (Wildman–Crippen LogP) is 1.39.